The molecule has 0 N–H and O–H groups in total. The molecular weight excluding hydrogens is 136 g/mol. The van der Waals surface area contributed by atoms with Crippen LogP contribution in [0, 0.1) is 11.3 Å². The van der Waals surface area contributed by atoms with E-state index in [1.165, 1.54) is 0 Å². The van der Waals surface area contributed by atoms with Crippen molar-refractivity contribution in [3.63, 3.8) is 0 Å². The van der Waals surface area contributed by atoms with Gasteiger partial charge in [-0.2, -0.15) is 0 Å². The summed E-state index contributed by atoms with van der Waals surface area (Å²) in [4.78, 5) is 11.2. The summed E-state index contributed by atoms with van der Waals surface area (Å²) in [5, 5.41) is 0. The van der Waals surface area contributed by atoms with Crippen molar-refractivity contribution in [2.45, 2.75) is 46.5 Å². The molecule has 0 heterocycles. The van der Waals surface area contributed by atoms with Gasteiger partial charge in [0.15, 0.2) is 0 Å². The van der Waals surface area contributed by atoms with Crippen LogP contribution in [0.4, 0.5) is 0 Å². The molecule has 1 aliphatic rings. The van der Waals surface area contributed by atoms with E-state index < -0.39 is 0 Å². The number of hydrogen-bond donors (Lipinski definition) is 0. The van der Waals surface area contributed by atoms with Crippen LogP contribution >= 0.6 is 0 Å². The van der Waals surface area contributed by atoms with E-state index in [0.717, 1.165) is 25.7 Å². The zero-order valence-electron chi connectivity index (χ0n) is 7.81. The minimum Gasteiger partial charge on any atom is -0.300 e. The molecule has 0 radical (unpaired) electrons. The fourth-order valence-electron chi connectivity index (χ4n) is 2.24. The van der Waals surface area contributed by atoms with E-state index in [0.29, 0.717) is 17.1 Å². The van der Waals surface area contributed by atoms with Gasteiger partial charge in [-0.1, -0.05) is 33.6 Å². The zero-order valence-corrected chi connectivity index (χ0v) is 7.81. The maximum Gasteiger partial charge on any atom is 0.133 e. The first-order chi connectivity index (χ1) is 5.12. The Labute approximate surface area is 69.2 Å². The summed E-state index contributed by atoms with van der Waals surface area (Å²) in [6.45, 7) is 6.64. The Kier molecular flexibility index (Phi) is 2.36. The molecule has 1 unspecified atom stereocenters. The summed E-state index contributed by atoms with van der Waals surface area (Å²) in [5.74, 6) is 1.13. The first-order valence-corrected chi connectivity index (χ1v) is 4.64. The Morgan fingerprint density at radius 1 is 1.55 bits per heavy atom. The highest BCUT2D eigenvalue weighted by Gasteiger charge is 2.40. The van der Waals surface area contributed by atoms with Gasteiger partial charge < -0.3 is 0 Å². The molecule has 0 bridgehead atoms. The molecule has 0 spiro atoms. The van der Waals surface area contributed by atoms with Crippen LogP contribution in [0.1, 0.15) is 46.5 Å². The Balaban J connectivity index is 2.71. The van der Waals surface area contributed by atoms with Crippen molar-refractivity contribution in [2.75, 3.05) is 0 Å². The molecule has 11 heavy (non-hydrogen) atoms. The maximum atomic E-state index is 11.2. The number of Topliss-reactive ketones (excluding diaryl/α,β-unsaturated/α-hetero) is 1. The summed E-state index contributed by atoms with van der Waals surface area (Å²) in [6.07, 6.45) is 3.97. The standard InChI is InChI=1S/C10H18O/c1-4-8-6-9(11)7-10(8,3)5-2/h8H,4-7H2,1-3H3/t8?,10-/m0/s1. The highest BCUT2D eigenvalue weighted by atomic mass is 16.1. The lowest BCUT2D eigenvalue weighted by Crippen LogP contribution is -2.19. The van der Waals surface area contributed by atoms with Gasteiger partial charge in [-0.3, -0.25) is 4.79 Å². The number of ketones is 1. The van der Waals surface area contributed by atoms with E-state index in [2.05, 4.69) is 20.8 Å². The monoisotopic (exact) mass is 154 g/mol. The summed E-state index contributed by atoms with van der Waals surface area (Å²) in [5.41, 5.74) is 0.325. The van der Waals surface area contributed by atoms with Crippen LogP contribution in [0.15, 0.2) is 0 Å². The Morgan fingerprint density at radius 3 is 2.55 bits per heavy atom. The topological polar surface area (TPSA) is 17.1 Å². The SMILES string of the molecule is CCC1CC(=O)C[C@]1(C)CC. The molecule has 64 valence electrons. The van der Waals surface area contributed by atoms with Crippen molar-refractivity contribution in [1.29, 1.82) is 0 Å². The Bertz CT molecular complexity index is 162. The third kappa shape index (κ3) is 1.47. The molecular formula is C10H18O. The van der Waals surface area contributed by atoms with Crippen LogP contribution in [-0.4, -0.2) is 5.78 Å². The van der Waals surface area contributed by atoms with Crippen molar-refractivity contribution < 1.29 is 4.79 Å². The van der Waals surface area contributed by atoms with Gasteiger partial charge in [-0.25, -0.2) is 0 Å². The van der Waals surface area contributed by atoms with Crippen molar-refractivity contribution in [3.8, 4) is 0 Å². The molecule has 2 atom stereocenters. The predicted octanol–water partition coefficient (Wildman–Crippen LogP) is 2.79. The second-order valence-corrected chi connectivity index (χ2v) is 4.03. The Morgan fingerprint density at radius 2 is 2.18 bits per heavy atom. The fraction of sp³-hybridized carbons (Fsp3) is 0.900. The fourth-order valence-corrected chi connectivity index (χ4v) is 2.24. The van der Waals surface area contributed by atoms with Gasteiger partial charge in [0.2, 0.25) is 0 Å². The molecule has 1 nitrogen and oxygen atoms in total. The Hall–Kier alpha value is -0.330. The van der Waals surface area contributed by atoms with E-state index in [-0.39, 0.29) is 0 Å². The zero-order chi connectivity index (χ0) is 8.48. The molecule has 0 aromatic heterocycles. The largest absolute Gasteiger partial charge is 0.300 e. The average molecular weight is 154 g/mol. The van der Waals surface area contributed by atoms with E-state index >= 15 is 0 Å². The minimum atomic E-state index is 0.325. The second kappa shape index (κ2) is 2.96. The van der Waals surface area contributed by atoms with E-state index in [9.17, 15) is 4.79 Å². The maximum absolute atomic E-state index is 11.2. The van der Waals surface area contributed by atoms with Crippen molar-refractivity contribution in [1.82, 2.24) is 0 Å². The first kappa shape index (κ1) is 8.76. The van der Waals surface area contributed by atoms with E-state index in [1.54, 1.807) is 0 Å². The molecule has 1 rings (SSSR count). The number of hydrogen-bond acceptors (Lipinski definition) is 1. The number of rotatable bonds is 2. The molecule has 1 saturated carbocycles. The lowest BCUT2D eigenvalue weighted by molar-refractivity contribution is -0.118. The molecule has 0 amide bonds. The molecule has 1 aliphatic carbocycles. The normalized spacial score (nSPS) is 38.1. The first-order valence-electron chi connectivity index (χ1n) is 4.64. The van der Waals surface area contributed by atoms with Crippen molar-refractivity contribution >= 4 is 5.78 Å². The van der Waals surface area contributed by atoms with Crippen LogP contribution in [0.3, 0.4) is 0 Å². The quantitative estimate of drug-likeness (QED) is 0.597. The van der Waals surface area contributed by atoms with Crippen LogP contribution < -0.4 is 0 Å². The van der Waals surface area contributed by atoms with Crippen molar-refractivity contribution in [2.24, 2.45) is 11.3 Å². The van der Waals surface area contributed by atoms with Gasteiger partial charge in [-0.15, -0.1) is 0 Å². The van der Waals surface area contributed by atoms with Gasteiger partial charge in [0.05, 0.1) is 0 Å². The third-order valence-electron chi connectivity index (χ3n) is 3.36. The van der Waals surface area contributed by atoms with Crippen LogP contribution in [0.2, 0.25) is 0 Å². The summed E-state index contributed by atoms with van der Waals surface area (Å²) in [6, 6.07) is 0. The van der Waals surface area contributed by atoms with Gasteiger partial charge >= 0.3 is 0 Å². The number of carbonyl (C=O) groups is 1. The van der Waals surface area contributed by atoms with Crippen molar-refractivity contribution in [3.05, 3.63) is 0 Å². The van der Waals surface area contributed by atoms with E-state index in [1.807, 2.05) is 0 Å². The van der Waals surface area contributed by atoms with Gasteiger partial charge in [-0.05, 0) is 11.3 Å². The number of carbonyl (C=O) groups excluding carboxylic acids is 1. The van der Waals surface area contributed by atoms with Gasteiger partial charge in [0.1, 0.15) is 5.78 Å². The van der Waals surface area contributed by atoms with Crippen LogP contribution in [0.5, 0.6) is 0 Å². The lowest BCUT2D eigenvalue weighted by Gasteiger charge is -2.28. The smallest absolute Gasteiger partial charge is 0.133 e. The van der Waals surface area contributed by atoms with Gasteiger partial charge in [0.25, 0.3) is 0 Å². The van der Waals surface area contributed by atoms with E-state index in [4.69, 9.17) is 0 Å². The van der Waals surface area contributed by atoms with Crippen LogP contribution in [-0.2, 0) is 4.79 Å². The molecule has 1 heteroatoms. The molecule has 0 aromatic rings. The molecule has 1 fully saturated rings. The molecule has 0 aromatic carbocycles. The predicted molar refractivity (Wildman–Crippen MR) is 46.4 cm³/mol. The van der Waals surface area contributed by atoms with Gasteiger partial charge in [0, 0.05) is 12.8 Å². The molecule has 0 saturated heterocycles. The lowest BCUT2D eigenvalue weighted by atomic mass is 9.76. The van der Waals surface area contributed by atoms with Crippen LogP contribution in [0.25, 0.3) is 0 Å². The summed E-state index contributed by atoms with van der Waals surface area (Å²) in [7, 11) is 0. The summed E-state index contributed by atoms with van der Waals surface area (Å²) < 4.78 is 0. The third-order valence-corrected chi connectivity index (χ3v) is 3.36. The minimum absolute atomic E-state index is 0.325. The highest BCUT2D eigenvalue weighted by molar-refractivity contribution is 5.81. The molecule has 0 aliphatic heterocycles. The average Bonchev–Trinajstić information content (AvgIpc) is 2.27. The summed E-state index contributed by atoms with van der Waals surface area (Å²) >= 11 is 0. The second-order valence-electron chi connectivity index (χ2n) is 4.03. The highest BCUT2D eigenvalue weighted by Crippen LogP contribution is 2.45.